The molecule has 0 aliphatic rings. The van der Waals surface area contributed by atoms with Crippen LogP contribution in [0.25, 0.3) is 21.8 Å². The highest BCUT2D eigenvalue weighted by atomic mass is 79.9. The third-order valence-electron chi connectivity index (χ3n) is 3.08. The first-order valence-electron chi connectivity index (χ1n) is 6.54. The summed E-state index contributed by atoms with van der Waals surface area (Å²) in [6.07, 6.45) is 3.30. The molecule has 4 heterocycles. The van der Waals surface area contributed by atoms with Gasteiger partial charge in [0.05, 0.1) is 26.0 Å². The Labute approximate surface area is 147 Å². The van der Waals surface area contributed by atoms with Crippen LogP contribution in [0.5, 0.6) is 0 Å². The highest BCUT2D eigenvalue weighted by Gasteiger charge is 2.13. The minimum absolute atomic E-state index is 0.533. The maximum Gasteiger partial charge on any atom is 0.257 e. The second kappa shape index (κ2) is 6.02. The molecule has 4 rings (SSSR count). The lowest BCUT2D eigenvalue weighted by Gasteiger charge is -1.99. The van der Waals surface area contributed by atoms with Crippen LogP contribution >= 0.6 is 39.0 Å². The van der Waals surface area contributed by atoms with Crippen LogP contribution in [0, 0.1) is 0 Å². The van der Waals surface area contributed by atoms with Gasteiger partial charge in [-0.15, -0.1) is 21.5 Å². The summed E-state index contributed by atoms with van der Waals surface area (Å²) in [7, 11) is 1.85. The lowest BCUT2D eigenvalue weighted by molar-refractivity contribution is 0.529. The van der Waals surface area contributed by atoms with Gasteiger partial charge in [0.2, 0.25) is 5.89 Å². The van der Waals surface area contributed by atoms with E-state index in [2.05, 4.69) is 41.2 Å². The number of hydrogen-bond acceptors (Lipinski definition) is 8. The van der Waals surface area contributed by atoms with Crippen LogP contribution in [-0.4, -0.2) is 29.9 Å². The summed E-state index contributed by atoms with van der Waals surface area (Å²) in [5.41, 5.74) is 0.803. The van der Waals surface area contributed by atoms with Crippen LogP contribution in [0.15, 0.2) is 37.9 Å². The zero-order valence-electron chi connectivity index (χ0n) is 11.8. The number of thioether (sulfide) groups is 1. The smallest absolute Gasteiger partial charge is 0.257 e. The van der Waals surface area contributed by atoms with Gasteiger partial charge in [-0.1, -0.05) is 11.8 Å². The second-order valence-corrected chi connectivity index (χ2v) is 8.00. The molecule has 0 aliphatic carbocycles. The maximum atomic E-state index is 5.70. The largest absolute Gasteiger partial charge is 0.419 e. The summed E-state index contributed by atoms with van der Waals surface area (Å²) < 4.78 is 8.46. The number of thiophene rings is 1. The molecule has 0 atom stereocenters. The highest BCUT2D eigenvalue weighted by Crippen LogP contribution is 2.32. The van der Waals surface area contributed by atoms with Crippen molar-refractivity contribution in [2.75, 3.05) is 0 Å². The number of hydrogen-bond donors (Lipinski definition) is 0. The van der Waals surface area contributed by atoms with Crippen LogP contribution in [0.2, 0.25) is 0 Å². The van der Waals surface area contributed by atoms with Crippen molar-refractivity contribution < 1.29 is 4.42 Å². The molecule has 0 radical (unpaired) electrons. The molecule has 4 aromatic rings. The van der Waals surface area contributed by atoms with Gasteiger partial charge in [-0.2, -0.15) is 5.10 Å². The Kier molecular flexibility index (Phi) is 3.87. The highest BCUT2D eigenvalue weighted by molar-refractivity contribution is 9.11. The maximum absolute atomic E-state index is 5.70. The fraction of sp³-hybridized carbons (Fsp3) is 0.154. The summed E-state index contributed by atoms with van der Waals surface area (Å²) in [6.45, 7) is 0. The quantitative estimate of drug-likeness (QED) is 0.377. The van der Waals surface area contributed by atoms with Crippen molar-refractivity contribution in [1.29, 1.82) is 0 Å². The molecule has 0 fully saturated rings. The van der Waals surface area contributed by atoms with Crippen LogP contribution in [0.3, 0.4) is 0 Å². The zero-order valence-corrected chi connectivity index (χ0v) is 15.0. The van der Waals surface area contributed by atoms with Gasteiger partial charge in [0.15, 0.2) is 5.65 Å². The Balaban J connectivity index is 1.54. The van der Waals surface area contributed by atoms with E-state index in [1.807, 2.05) is 19.2 Å². The van der Waals surface area contributed by atoms with E-state index in [0.717, 1.165) is 24.7 Å². The molecule has 0 aliphatic heterocycles. The zero-order chi connectivity index (χ0) is 15.8. The predicted molar refractivity (Wildman–Crippen MR) is 91.2 cm³/mol. The molecular formula is C13H9BrN6OS2. The van der Waals surface area contributed by atoms with Gasteiger partial charge in [0, 0.05) is 7.05 Å². The Hall–Kier alpha value is -1.78. The third-order valence-corrected chi connectivity index (χ3v) is 5.68. The summed E-state index contributed by atoms with van der Waals surface area (Å²) in [5, 5.41) is 14.2. The number of aromatic nitrogens is 6. The minimum Gasteiger partial charge on any atom is -0.419 e. The van der Waals surface area contributed by atoms with Crippen molar-refractivity contribution in [3.63, 3.8) is 0 Å². The molecule has 116 valence electrons. The molecule has 0 N–H and O–H groups in total. The topological polar surface area (TPSA) is 82.5 Å². The average molecular weight is 409 g/mol. The van der Waals surface area contributed by atoms with Crippen molar-refractivity contribution >= 4 is 50.1 Å². The summed E-state index contributed by atoms with van der Waals surface area (Å²) in [5.74, 6) is 1.64. The van der Waals surface area contributed by atoms with Gasteiger partial charge in [0.1, 0.15) is 11.4 Å². The van der Waals surface area contributed by atoms with Crippen molar-refractivity contribution in [1.82, 2.24) is 29.9 Å². The Morgan fingerprint density at radius 3 is 3.04 bits per heavy atom. The fourth-order valence-corrected chi connectivity index (χ4v) is 4.13. The van der Waals surface area contributed by atoms with E-state index in [1.165, 1.54) is 18.1 Å². The normalized spacial score (nSPS) is 11.4. The molecule has 0 saturated carbocycles. The van der Waals surface area contributed by atoms with Gasteiger partial charge < -0.3 is 4.42 Å². The van der Waals surface area contributed by atoms with Crippen molar-refractivity contribution in [3.8, 4) is 10.8 Å². The minimum atomic E-state index is 0.533. The first kappa shape index (κ1) is 14.8. The molecule has 0 bridgehead atoms. The van der Waals surface area contributed by atoms with E-state index >= 15 is 0 Å². The standard InChI is InChI=1S/C13H9BrN6OS2/c1-20-11-7(4-17-20)13(16-6-15-11)22-5-10-18-19-12(21-10)8-2-3-9(14)23-8/h2-4,6H,5H2,1H3. The lowest BCUT2D eigenvalue weighted by Crippen LogP contribution is -1.93. The summed E-state index contributed by atoms with van der Waals surface area (Å²) in [6, 6.07) is 3.90. The van der Waals surface area contributed by atoms with Gasteiger partial charge in [0.25, 0.3) is 5.89 Å². The van der Waals surface area contributed by atoms with E-state index in [0.29, 0.717) is 17.5 Å². The molecule has 0 spiro atoms. The molecule has 0 unspecified atom stereocenters. The predicted octanol–water partition coefficient (Wildman–Crippen LogP) is 3.53. The van der Waals surface area contributed by atoms with E-state index in [-0.39, 0.29) is 0 Å². The van der Waals surface area contributed by atoms with E-state index in [9.17, 15) is 0 Å². The molecule has 4 aromatic heterocycles. The second-order valence-electron chi connectivity index (χ2n) is 4.58. The molecule has 0 saturated heterocycles. The fourth-order valence-electron chi connectivity index (χ4n) is 2.03. The Morgan fingerprint density at radius 1 is 1.30 bits per heavy atom. The third kappa shape index (κ3) is 2.89. The van der Waals surface area contributed by atoms with Gasteiger partial charge in [-0.3, -0.25) is 4.68 Å². The van der Waals surface area contributed by atoms with Crippen molar-refractivity contribution in [2.24, 2.45) is 7.05 Å². The van der Waals surface area contributed by atoms with Crippen molar-refractivity contribution in [3.05, 3.63) is 34.3 Å². The number of fused-ring (bicyclic) bond motifs is 1. The molecule has 0 amide bonds. The SMILES string of the molecule is Cn1ncc2c(SCc3nnc(-c4ccc(Br)s4)o3)ncnc21. The number of nitrogens with zero attached hydrogens (tertiary/aromatic N) is 6. The monoisotopic (exact) mass is 408 g/mol. The molecular weight excluding hydrogens is 400 g/mol. The molecule has 0 aromatic carbocycles. The van der Waals surface area contributed by atoms with Crippen molar-refractivity contribution in [2.45, 2.75) is 10.8 Å². The van der Waals surface area contributed by atoms with E-state index < -0.39 is 0 Å². The van der Waals surface area contributed by atoms with Crippen LogP contribution in [0.1, 0.15) is 5.89 Å². The number of halogens is 1. The first-order valence-corrected chi connectivity index (χ1v) is 9.14. The van der Waals surface area contributed by atoms with E-state index in [4.69, 9.17) is 4.42 Å². The summed E-state index contributed by atoms with van der Waals surface area (Å²) in [4.78, 5) is 9.47. The van der Waals surface area contributed by atoms with E-state index in [1.54, 1.807) is 22.2 Å². The van der Waals surface area contributed by atoms with Gasteiger partial charge >= 0.3 is 0 Å². The molecule has 23 heavy (non-hydrogen) atoms. The van der Waals surface area contributed by atoms with Gasteiger partial charge in [-0.05, 0) is 28.1 Å². The Morgan fingerprint density at radius 2 is 2.22 bits per heavy atom. The molecule has 7 nitrogen and oxygen atoms in total. The molecule has 10 heteroatoms. The first-order chi connectivity index (χ1) is 11.2. The van der Waals surface area contributed by atoms with Crippen LogP contribution in [0.4, 0.5) is 0 Å². The van der Waals surface area contributed by atoms with Crippen LogP contribution < -0.4 is 0 Å². The number of rotatable bonds is 4. The summed E-state index contributed by atoms with van der Waals surface area (Å²) >= 11 is 6.50. The number of aryl methyl sites for hydroxylation is 1. The van der Waals surface area contributed by atoms with Crippen LogP contribution in [-0.2, 0) is 12.8 Å². The lowest BCUT2D eigenvalue weighted by atomic mass is 10.4. The Bertz CT molecular complexity index is 978. The van der Waals surface area contributed by atoms with Gasteiger partial charge in [-0.25, -0.2) is 9.97 Å². The average Bonchev–Trinajstić information content (AvgIpc) is 3.26.